The van der Waals surface area contributed by atoms with E-state index in [1.165, 1.54) is 0 Å². The predicted molar refractivity (Wildman–Crippen MR) is 222 cm³/mol. The van der Waals surface area contributed by atoms with Crippen LogP contribution in [0, 0.1) is 0 Å². The monoisotopic (exact) mass is 1060 g/mol. The molecule has 4 heterocycles. The number of carboxylic acids is 1. The van der Waals surface area contributed by atoms with Crippen LogP contribution in [0.5, 0.6) is 0 Å². The fourth-order valence-electron chi connectivity index (χ4n) is 8.44. The molecule has 72 heavy (non-hydrogen) atoms. The summed E-state index contributed by atoms with van der Waals surface area (Å²) < 4.78 is 44.8. The van der Waals surface area contributed by atoms with Crippen LogP contribution in [-0.4, -0.2) is 315 Å². The molecule has 0 spiro atoms. The van der Waals surface area contributed by atoms with Crippen LogP contribution in [0.4, 0.5) is 0 Å². The summed E-state index contributed by atoms with van der Waals surface area (Å²) in [6.07, 6.45) is -44.3. The Hall–Kier alpha value is -3.12. The lowest BCUT2D eigenvalue weighted by atomic mass is 9.88. The predicted octanol–water partition coefficient (Wildman–Crippen LogP) is -13.7. The quantitative estimate of drug-likeness (QED) is 0.0427. The van der Waals surface area contributed by atoms with Gasteiger partial charge in [-0.25, -0.2) is 4.79 Å². The lowest BCUT2D eigenvalue weighted by Crippen LogP contribution is -2.71. The number of ether oxygens (including phenoxy) is 8. The van der Waals surface area contributed by atoms with Gasteiger partial charge in [-0.3, -0.25) is 14.4 Å². The smallest absolute Gasteiger partial charge is 0.364 e. The van der Waals surface area contributed by atoms with Crippen molar-refractivity contribution in [3.63, 3.8) is 0 Å². The summed E-state index contributed by atoms with van der Waals surface area (Å²) in [5, 5.41) is 196. The van der Waals surface area contributed by atoms with Crippen molar-refractivity contribution >= 4 is 23.7 Å². The minimum atomic E-state index is -3.23. The lowest BCUT2D eigenvalue weighted by Gasteiger charge is -2.51. The van der Waals surface area contributed by atoms with Gasteiger partial charge in [-0.2, -0.15) is 0 Å². The van der Waals surface area contributed by atoms with Crippen molar-refractivity contribution in [2.75, 3.05) is 46.2 Å². The van der Waals surface area contributed by atoms with Gasteiger partial charge in [0.25, 0.3) is 5.79 Å². The van der Waals surface area contributed by atoms with Crippen LogP contribution in [0.15, 0.2) is 0 Å². The lowest BCUT2D eigenvalue weighted by molar-refractivity contribution is -0.383. The van der Waals surface area contributed by atoms with Crippen molar-refractivity contribution in [2.45, 2.75) is 173 Å². The first kappa shape index (κ1) is 61.4. The second-order valence-electron chi connectivity index (χ2n) is 17.4. The van der Waals surface area contributed by atoms with E-state index >= 15 is 0 Å². The molecule has 33 heteroatoms. The van der Waals surface area contributed by atoms with Gasteiger partial charge in [-0.1, -0.05) is 0 Å². The first-order valence-corrected chi connectivity index (χ1v) is 22.3. The first-order valence-electron chi connectivity index (χ1n) is 22.3. The third kappa shape index (κ3) is 14.2. The Kier molecular flexibility index (Phi) is 23.1. The van der Waals surface area contributed by atoms with E-state index in [-0.39, 0.29) is 0 Å². The fourth-order valence-corrected chi connectivity index (χ4v) is 8.44. The number of aliphatic hydroxyl groups excluding tert-OH is 17. The molecule has 3 amide bonds. The molecule has 4 fully saturated rings. The minimum absolute atomic E-state index is 0.796. The van der Waals surface area contributed by atoms with E-state index < -0.39 is 229 Å². The van der Waals surface area contributed by atoms with Crippen LogP contribution in [0.2, 0.25) is 0 Å². The summed E-state index contributed by atoms with van der Waals surface area (Å²) in [6, 6.07) is -5.17. The van der Waals surface area contributed by atoms with Crippen molar-refractivity contribution in [2.24, 2.45) is 0 Å². The fraction of sp³-hybridized carbons (Fsp3) is 0.897. The van der Waals surface area contributed by atoms with E-state index in [0.29, 0.717) is 0 Å². The van der Waals surface area contributed by atoms with Crippen molar-refractivity contribution < 1.29 is 149 Å². The van der Waals surface area contributed by atoms with E-state index in [9.17, 15) is 111 Å². The number of aliphatic carboxylic acids is 1. The number of hydrogen-bond acceptors (Lipinski definition) is 29. The molecule has 0 unspecified atom stereocenters. The SMILES string of the molecule is CC(=O)N[C@H]1[C@H](OC[C@@H](O)[C@H](O)[C@H](O[C@@H]2O[C@H](CO)[C@H](O)[C@H](O)[C@H]2O)[C@H](CO)NC(C)=O)O[C@H](CO)[C@@H](O[C@@H]2O[C@H](CO)[C@H](O)[C@H](O[C@]3(C(=O)O)C[C@H](O)[C@@H](NC(=O)CO)[C@H]([C@H](O)[C@H](O)CO)O3)[C@H]2O)[C@@H]1O. The summed E-state index contributed by atoms with van der Waals surface area (Å²) in [7, 11) is 0. The Morgan fingerprint density at radius 2 is 1.25 bits per heavy atom. The number of nitrogens with one attached hydrogen (secondary N) is 3. The molecular weight excluding hydrogens is 990 g/mol. The van der Waals surface area contributed by atoms with Crippen LogP contribution in [0.1, 0.15) is 20.3 Å². The average Bonchev–Trinajstić information content (AvgIpc) is 3.34. The minimum Gasteiger partial charge on any atom is -0.477 e. The van der Waals surface area contributed by atoms with Gasteiger partial charge in [0.15, 0.2) is 18.9 Å². The molecule has 0 aliphatic carbocycles. The van der Waals surface area contributed by atoms with Crippen LogP contribution in [-0.2, 0) is 57.1 Å². The Morgan fingerprint density at radius 1 is 0.653 bits per heavy atom. The van der Waals surface area contributed by atoms with Gasteiger partial charge < -0.3 is 146 Å². The van der Waals surface area contributed by atoms with Gasteiger partial charge >= 0.3 is 5.97 Å². The molecule has 21 N–H and O–H groups in total. The highest BCUT2D eigenvalue weighted by Gasteiger charge is 2.60. The molecule has 25 atom stereocenters. The van der Waals surface area contributed by atoms with E-state index in [4.69, 9.17) is 37.9 Å². The van der Waals surface area contributed by atoms with Gasteiger partial charge in [0.1, 0.15) is 116 Å². The zero-order valence-corrected chi connectivity index (χ0v) is 38.5. The van der Waals surface area contributed by atoms with Gasteiger partial charge in [0.05, 0.1) is 57.8 Å². The maximum absolute atomic E-state index is 12.9. The molecule has 4 aliphatic rings. The highest BCUT2D eigenvalue weighted by molar-refractivity contribution is 5.78. The molecule has 4 aliphatic heterocycles. The Bertz CT molecular complexity index is 1740. The number of carbonyl (C=O) groups is 4. The number of carbonyl (C=O) groups excluding carboxylic acids is 3. The van der Waals surface area contributed by atoms with Crippen LogP contribution in [0.3, 0.4) is 0 Å². The second kappa shape index (κ2) is 27.1. The first-order chi connectivity index (χ1) is 33.8. The summed E-state index contributed by atoms with van der Waals surface area (Å²) in [4.78, 5) is 49.5. The van der Waals surface area contributed by atoms with Crippen LogP contribution < -0.4 is 16.0 Å². The summed E-state index contributed by atoms with van der Waals surface area (Å²) in [5.74, 6) is -8.18. The van der Waals surface area contributed by atoms with Gasteiger partial charge in [-0.05, 0) is 0 Å². The number of rotatable bonds is 24. The molecular formula is C39H67N3O30. The van der Waals surface area contributed by atoms with Gasteiger partial charge in [-0.15, -0.1) is 0 Å². The van der Waals surface area contributed by atoms with E-state index in [2.05, 4.69) is 16.0 Å². The maximum Gasteiger partial charge on any atom is 0.364 e. The molecule has 4 saturated heterocycles. The van der Waals surface area contributed by atoms with Crippen LogP contribution >= 0.6 is 0 Å². The largest absolute Gasteiger partial charge is 0.477 e. The molecule has 33 nitrogen and oxygen atoms in total. The zero-order valence-electron chi connectivity index (χ0n) is 38.5. The highest BCUT2D eigenvalue weighted by Crippen LogP contribution is 2.38. The van der Waals surface area contributed by atoms with Gasteiger partial charge in [0, 0.05) is 20.3 Å². The Labute approximate surface area is 407 Å². The molecule has 0 saturated carbocycles. The second-order valence-corrected chi connectivity index (χ2v) is 17.4. The third-order valence-electron chi connectivity index (χ3n) is 12.2. The molecule has 0 radical (unpaired) electrons. The Morgan fingerprint density at radius 3 is 1.79 bits per heavy atom. The zero-order chi connectivity index (χ0) is 54.1. The topological polar surface area (TPSA) is 542 Å². The number of amides is 3. The summed E-state index contributed by atoms with van der Waals surface area (Å²) in [5.41, 5.74) is 0. The highest BCUT2D eigenvalue weighted by atomic mass is 16.8. The van der Waals surface area contributed by atoms with E-state index in [0.717, 1.165) is 13.8 Å². The molecule has 0 aromatic rings. The summed E-state index contributed by atoms with van der Waals surface area (Å²) in [6.45, 7) is -5.52. The molecule has 418 valence electrons. The Balaban J connectivity index is 1.59. The van der Waals surface area contributed by atoms with Gasteiger partial charge in [0.2, 0.25) is 17.7 Å². The maximum atomic E-state index is 12.9. The normalized spacial score (nSPS) is 39.9. The average molecular weight is 1060 g/mol. The van der Waals surface area contributed by atoms with E-state index in [1.807, 2.05) is 0 Å². The number of hydrogen-bond donors (Lipinski definition) is 21. The standard InChI is InChI=1S/C39H67N3O30/c1-11(49)40-13(4-43)31(69-36-29(61)28(60)25(57)17(6-45)66-36)24(56)16(53)10-65-35-22(41-12(2)50)27(59)32(19(8-47)68-35)70-37-30(62)34(26(58)18(7-46)67-37)72-39(38(63)64)3-14(51)21(42-20(54)9-48)33(71-39)23(55)15(52)5-44/h13-19,21-37,43-48,51-53,55-62H,3-10H2,1-2H3,(H,40,49)(H,41,50)(H,42,54)(H,63,64)/t13-,14-,15+,16+,17+,18+,19+,21+,22+,23+,24-,25-,26-,27+,28-,29+,30+,31+,32+,33+,34-,35+,36-,37-,39-/m0/s1. The van der Waals surface area contributed by atoms with Crippen molar-refractivity contribution in [3.05, 3.63) is 0 Å². The van der Waals surface area contributed by atoms with E-state index in [1.54, 1.807) is 0 Å². The third-order valence-corrected chi connectivity index (χ3v) is 12.2. The molecule has 4 rings (SSSR count). The number of carboxylic acid groups (broad SMARTS) is 1. The van der Waals surface area contributed by atoms with Crippen molar-refractivity contribution in [1.29, 1.82) is 0 Å². The molecule has 0 bridgehead atoms. The molecule has 0 aromatic carbocycles. The van der Waals surface area contributed by atoms with Crippen LogP contribution in [0.25, 0.3) is 0 Å². The molecule has 0 aromatic heterocycles. The van der Waals surface area contributed by atoms with Crippen molar-refractivity contribution in [3.8, 4) is 0 Å². The number of aliphatic hydroxyl groups is 17. The summed E-state index contributed by atoms with van der Waals surface area (Å²) >= 11 is 0. The van der Waals surface area contributed by atoms with Crippen molar-refractivity contribution in [1.82, 2.24) is 16.0 Å².